The molecule has 0 aliphatic heterocycles. The van der Waals surface area contributed by atoms with Crippen molar-refractivity contribution in [1.82, 2.24) is 4.90 Å². The molecule has 0 aliphatic carbocycles. The first-order valence-corrected chi connectivity index (χ1v) is 16.1. The largest absolute Gasteiger partial charge is 0.303 e. The maximum Gasteiger partial charge on any atom is -0.00187 e. The first kappa shape index (κ1) is 33.0. The Labute approximate surface area is 212 Å². The molecule has 0 spiro atoms. The Morgan fingerprint density at radius 1 is 0.242 bits per heavy atom. The lowest BCUT2D eigenvalue weighted by Crippen LogP contribution is -2.27. The minimum absolute atomic E-state index is 1.36. The van der Waals surface area contributed by atoms with E-state index in [9.17, 15) is 0 Å². The van der Waals surface area contributed by atoms with Gasteiger partial charge in [0.1, 0.15) is 0 Å². The summed E-state index contributed by atoms with van der Waals surface area (Å²) < 4.78 is 0. The number of hydrogen-bond acceptors (Lipinski definition) is 1. The van der Waals surface area contributed by atoms with Crippen molar-refractivity contribution in [3.05, 3.63) is 0 Å². The molecule has 33 heavy (non-hydrogen) atoms. The van der Waals surface area contributed by atoms with Crippen molar-refractivity contribution in [2.75, 3.05) is 19.6 Å². The van der Waals surface area contributed by atoms with Crippen molar-refractivity contribution < 1.29 is 0 Å². The van der Waals surface area contributed by atoms with Crippen LogP contribution < -0.4 is 0 Å². The van der Waals surface area contributed by atoms with E-state index in [-0.39, 0.29) is 0 Å². The molecule has 0 saturated heterocycles. The number of hydrogen-bond donors (Lipinski definition) is 0. The maximum atomic E-state index is 2.82. The van der Waals surface area contributed by atoms with Gasteiger partial charge in [-0.2, -0.15) is 0 Å². The van der Waals surface area contributed by atoms with Crippen LogP contribution in [0.15, 0.2) is 0 Å². The predicted molar refractivity (Wildman–Crippen MR) is 154 cm³/mol. The van der Waals surface area contributed by atoms with Crippen molar-refractivity contribution in [3.63, 3.8) is 0 Å². The van der Waals surface area contributed by atoms with Crippen LogP contribution in [0.1, 0.15) is 188 Å². The molecule has 1 nitrogen and oxygen atoms in total. The van der Waals surface area contributed by atoms with Gasteiger partial charge in [-0.3, -0.25) is 0 Å². The van der Waals surface area contributed by atoms with E-state index < -0.39 is 0 Å². The molecule has 0 heterocycles. The first-order chi connectivity index (χ1) is 16.3. The molecular formula is C32H67N. The van der Waals surface area contributed by atoms with Gasteiger partial charge >= 0.3 is 0 Å². The molecular weight excluding hydrogens is 398 g/mol. The van der Waals surface area contributed by atoms with Gasteiger partial charge in [-0.1, -0.05) is 168 Å². The van der Waals surface area contributed by atoms with E-state index in [2.05, 4.69) is 25.7 Å². The van der Waals surface area contributed by atoms with E-state index in [0.717, 1.165) is 0 Å². The van der Waals surface area contributed by atoms with Crippen LogP contribution in [0.4, 0.5) is 0 Å². The highest BCUT2D eigenvalue weighted by Gasteiger charge is 2.05. The third-order valence-corrected chi connectivity index (χ3v) is 7.48. The van der Waals surface area contributed by atoms with Crippen LogP contribution in [0.3, 0.4) is 0 Å². The molecule has 0 aromatic rings. The van der Waals surface area contributed by atoms with Crippen molar-refractivity contribution >= 4 is 0 Å². The second kappa shape index (κ2) is 30.0. The standard InChI is InChI=1S/C32H67N/c1-4-7-10-13-16-17-18-19-20-21-22-23-26-29-32-33(30-27-24-14-11-8-5-2)31-28-25-15-12-9-6-3/h4-32H2,1-3H3. The quantitative estimate of drug-likeness (QED) is 0.0992. The summed E-state index contributed by atoms with van der Waals surface area (Å²) in [7, 11) is 0. The lowest BCUT2D eigenvalue weighted by atomic mass is 10.0. The third kappa shape index (κ3) is 28.1. The van der Waals surface area contributed by atoms with Crippen molar-refractivity contribution in [1.29, 1.82) is 0 Å². The van der Waals surface area contributed by atoms with Gasteiger partial charge < -0.3 is 4.90 Å². The summed E-state index contributed by atoms with van der Waals surface area (Å²) in [5, 5.41) is 0. The summed E-state index contributed by atoms with van der Waals surface area (Å²) in [5.41, 5.74) is 0. The minimum atomic E-state index is 1.36. The van der Waals surface area contributed by atoms with Gasteiger partial charge in [0.15, 0.2) is 0 Å². The van der Waals surface area contributed by atoms with Crippen LogP contribution in [0.5, 0.6) is 0 Å². The fourth-order valence-corrected chi connectivity index (χ4v) is 5.10. The van der Waals surface area contributed by atoms with Crippen molar-refractivity contribution in [2.45, 2.75) is 188 Å². The van der Waals surface area contributed by atoms with E-state index in [0.29, 0.717) is 0 Å². The number of rotatable bonds is 29. The molecule has 0 aromatic carbocycles. The zero-order valence-corrected chi connectivity index (χ0v) is 24.0. The van der Waals surface area contributed by atoms with Crippen LogP contribution >= 0.6 is 0 Å². The fourth-order valence-electron chi connectivity index (χ4n) is 5.10. The van der Waals surface area contributed by atoms with E-state index in [1.807, 2.05) is 0 Å². The SMILES string of the molecule is CCCCCCCCCCCCCCCCN(CCCCCCCC)CCCCCCCC. The minimum Gasteiger partial charge on any atom is -0.303 e. The molecule has 0 aliphatic rings. The summed E-state index contributed by atoms with van der Waals surface area (Å²) in [5.74, 6) is 0. The number of nitrogens with zero attached hydrogens (tertiary/aromatic N) is 1. The number of unbranched alkanes of at least 4 members (excludes halogenated alkanes) is 23. The Morgan fingerprint density at radius 3 is 0.636 bits per heavy atom. The van der Waals surface area contributed by atoms with Crippen LogP contribution in [0.25, 0.3) is 0 Å². The summed E-state index contributed by atoms with van der Waals surface area (Å²) >= 11 is 0. The molecule has 0 amide bonds. The maximum absolute atomic E-state index is 2.82. The molecule has 0 fully saturated rings. The van der Waals surface area contributed by atoms with Crippen LogP contribution in [-0.4, -0.2) is 24.5 Å². The van der Waals surface area contributed by atoms with Gasteiger partial charge in [0.25, 0.3) is 0 Å². The average molecular weight is 466 g/mol. The molecule has 1 heteroatoms. The monoisotopic (exact) mass is 466 g/mol. The Balaban J connectivity index is 3.67. The molecule has 0 radical (unpaired) electrons. The van der Waals surface area contributed by atoms with Gasteiger partial charge in [0.05, 0.1) is 0 Å². The molecule has 0 aromatic heterocycles. The molecule has 0 N–H and O–H groups in total. The van der Waals surface area contributed by atoms with Crippen LogP contribution in [-0.2, 0) is 0 Å². The Morgan fingerprint density at radius 2 is 0.424 bits per heavy atom. The van der Waals surface area contributed by atoms with E-state index in [1.165, 1.54) is 187 Å². The summed E-state index contributed by atoms with van der Waals surface area (Å²) in [6, 6.07) is 0. The lowest BCUT2D eigenvalue weighted by Gasteiger charge is -2.22. The summed E-state index contributed by atoms with van der Waals surface area (Å²) in [6.07, 6.45) is 37.7. The average Bonchev–Trinajstić information content (AvgIpc) is 2.83. The highest BCUT2D eigenvalue weighted by Crippen LogP contribution is 2.14. The second-order valence-corrected chi connectivity index (χ2v) is 11.0. The zero-order chi connectivity index (χ0) is 24.1. The topological polar surface area (TPSA) is 3.24 Å². The van der Waals surface area contributed by atoms with Gasteiger partial charge in [-0.25, -0.2) is 0 Å². The highest BCUT2D eigenvalue weighted by atomic mass is 15.1. The first-order valence-electron chi connectivity index (χ1n) is 16.1. The Hall–Kier alpha value is -0.0400. The Kier molecular flexibility index (Phi) is 30.0. The van der Waals surface area contributed by atoms with Crippen molar-refractivity contribution in [3.8, 4) is 0 Å². The van der Waals surface area contributed by atoms with Gasteiger partial charge in [-0.15, -0.1) is 0 Å². The molecule has 0 unspecified atom stereocenters. The summed E-state index contributed by atoms with van der Waals surface area (Å²) in [4.78, 5) is 2.82. The zero-order valence-electron chi connectivity index (χ0n) is 24.0. The highest BCUT2D eigenvalue weighted by molar-refractivity contribution is 4.60. The molecule has 0 saturated carbocycles. The molecule has 200 valence electrons. The van der Waals surface area contributed by atoms with E-state index >= 15 is 0 Å². The van der Waals surface area contributed by atoms with E-state index in [1.54, 1.807) is 0 Å². The second-order valence-electron chi connectivity index (χ2n) is 11.0. The van der Waals surface area contributed by atoms with Crippen LogP contribution in [0.2, 0.25) is 0 Å². The third-order valence-electron chi connectivity index (χ3n) is 7.48. The van der Waals surface area contributed by atoms with Gasteiger partial charge in [0, 0.05) is 0 Å². The van der Waals surface area contributed by atoms with Crippen LogP contribution in [0, 0.1) is 0 Å². The summed E-state index contributed by atoms with van der Waals surface area (Å²) in [6.45, 7) is 11.0. The predicted octanol–water partition coefficient (Wildman–Crippen LogP) is 11.5. The van der Waals surface area contributed by atoms with Gasteiger partial charge in [0.2, 0.25) is 0 Å². The normalized spacial score (nSPS) is 11.6. The molecule has 0 atom stereocenters. The molecule has 0 bridgehead atoms. The van der Waals surface area contributed by atoms with Crippen molar-refractivity contribution in [2.24, 2.45) is 0 Å². The fraction of sp³-hybridized carbons (Fsp3) is 1.00. The smallest absolute Gasteiger partial charge is 0.00187 e. The Bertz CT molecular complexity index is 310. The molecule has 0 rings (SSSR count). The van der Waals surface area contributed by atoms with Gasteiger partial charge in [-0.05, 0) is 38.9 Å². The van der Waals surface area contributed by atoms with E-state index in [4.69, 9.17) is 0 Å². The lowest BCUT2D eigenvalue weighted by molar-refractivity contribution is 0.254.